The quantitative estimate of drug-likeness (QED) is 0.822. The Morgan fingerprint density at radius 1 is 1.17 bits per heavy atom. The number of rotatable bonds is 4. The molecule has 4 bridgehead atoms. The fraction of sp³-hybridized carbons (Fsp3) is 0.667. The number of hydrogen-bond donors (Lipinski definition) is 2. The maximum absolute atomic E-state index is 13.4. The highest BCUT2D eigenvalue weighted by atomic mass is 16.3. The maximum Gasteiger partial charge on any atom is 0.232 e. The highest BCUT2D eigenvalue weighted by molar-refractivity contribution is 6.04. The van der Waals surface area contributed by atoms with Crippen molar-refractivity contribution >= 4 is 17.5 Å². The van der Waals surface area contributed by atoms with Gasteiger partial charge in [0.1, 0.15) is 0 Å². The van der Waals surface area contributed by atoms with Crippen LogP contribution in [-0.2, 0) is 9.59 Å². The number of piperidine rings is 2. The normalized spacial score (nSPS) is 38.1. The van der Waals surface area contributed by atoms with Crippen LogP contribution in [-0.4, -0.2) is 40.0 Å². The minimum absolute atomic E-state index is 0.00794. The van der Waals surface area contributed by atoms with Gasteiger partial charge >= 0.3 is 0 Å². The van der Waals surface area contributed by atoms with E-state index in [1.807, 2.05) is 12.1 Å². The van der Waals surface area contributed by atoms with Crippen molar-refractivity contribution in [3.8, 4) is 0 Å². The highest BCUT2D eigenvalue weighted by Crippen LogP contribution is 2.51. The van der Waals surface area contributed by atoms with Crippen LogP contribution < -0.4 is 5.32 Å². The van der Waals surface area contributed by atoms with Crippen LogP contribution in [0.3, 0.4) is 0 Å². The molecular formula is C24H30N2O3. The number of nitrogens with zero attached hydrogens (tertiary/aromatic N) is 1. The number of aliphatic hydroxyl groups is 1. The molecule has 0 aromatic heterocycles. The molecule has 154 valence electrons. The van der Waals surface area contributed by atoms with E-state index in [0.29, 0.717) is 36.3 Å². The molecule has 29 heavy (non-hydrogen) atoms. The van der Waals surface area contributed by atoms with Gasteiger partial charge in [-0.15, -0.1) is 0 Å². The number of fused-ring (bicyclic) bond motifs is 1. The van der Waals surface area contributed by atoms with Gasteiger partial charge < -0.3 is 15.3 Å². The standard InChI is InChI=1S/C24H30N2O3/c1-12(21-22-18(13-5-6-13)3-2-4-19(22)25-24(21)29)7-20(27)26-16-8-14-9-17(26)11-15(10-16)23(14)28/h2-4,12-17,21,23,28H,5-11H2,1H3,(H,25,29). The van der Waals surface area contributed by atoms with Gasteiger partial charge in [-0.05, 0) is 79.4 Å². The molecule has 7 rings (SSSR count). The summed E-state index contributed by atoms with van der Waals surface area (Å²) in [5.41, 5.74) is 3.42. The Labute approximate surface area is 171 Å². The largest absolute Gasteiger partial charge is 0.393 e. The zero-order valence-corrected chi connectivity index (χ0v) is 17.0. The Morgan fingerprint density at radius 2 is 1.83 bits per heavy atom. The van der Waals surface area contributed by atoms with Crippen LogP contribution in [0.25, 0.3) is 0 Å². The number of amides is 2. The maximum atomic E-state index is 13.4. The molecule has 3 aliphatic carbocycles. The van der Waals surface area contributed by atoms with Crippen molar-refractivity contribution in [3.63, 3.8) is 0 Å². The van der Waals surface area contributed by atoms with E-state index >= 15 is 0 Å². The molecule has 3 saturated carbocycles. The predicted octanol–water partition coefficient (Wildman–Crippen LogP) is 3.39. The Balaban J connectivity index is 1.22. The van der Waals surface area contributed by atoms with Crippen LogP contribution in [0, 0.1) is 17.8 Å². The van der Waals surface area contributed by atoms with E-state index < -0.39 is 0 Å². The van der Waals surface area contributed by atoms with Crippen LogP contribution in [0.2, 0.25) is 0 Å². The van der Waals surface area contributed by atoms with Gasteiger partial charge in [-0.3, -0.25) is 9.59 Å². The Hall–Kier alpha value is -1.88. The number of nitrogens with one attached hydrogen (secondary N) is 1. The number of anilines is 1. The molecule has 5 heteroatoms. The molecule has 1 aromatic rings. The number of hydrogen-bond acceptors (Lipinski definition) is 3. The minimum atomic E-state index is -0.217. The molecule has 5 nitrogen and oxygen atoms in total. The van der Waals surface area contributed by atoms with Crippen molar-refractivity contribution in [2.45, 2.75) is 81.9 Å². The number of carbonyl (C=O) groups is 2. The van der Waals surface area contributed by atoms with Crippen LogP contribution in [0.5, 0.6) is 0 Å². The van der Waals surface area contributed by atoms with E-state index in [1.165, 1.54) is 18.4 Å². The first-order valence-corrected chi connectivity index (χ1v) is 11.4. The Morgan fingerprint density at radius 3 is 2.45 bits per heavy atom. The van der Waals surface area contributed by atoms with Crippen molar-refractivity contribution in [1.82, 2.24) is 4.90 Å². The average Bonchev–Trinajstić information content (AvgIpc) is 3.45. The lowest BCUT2D eigenvalue weighted by Gasteiger charge is -2.58. The topological polar surface area (TPSA) is 69.6 Å². The molecule has 3 aliphatic heterocycles. The van der Waals surface area contributed by atoms with Crippen molar-refractivity contribution in [2.75, 3.05) is 5.32 Å². The number of aliphatic hydroxyl groups excluding tert-OH is 1. The molecule has 2 amide bonds. The van der Waals surface area contributed by atoms with E-state index in [-0.39, 0.29) is 29.8 Å². The average molecular weight is 395 g/mol. The second-order valence-electron chi connectivity index (χ2n) is 10.3. The zero-order chi connectivity index (χ0) is 19.9. The highest BCUT2D eigenvalue weighted by Gasteiger charge is 2.53. The van der Waals surface area contributed by atoms with Crippen LogP contribution >= 0.6 is 0 Å². The summed E-state index contributed by atoms with van der Waals surface area (Å²) in [6, 6.07) is 6.81. The van der Waals surface area contributed by atoms with E-state index in [1.54, 1.807) is 0 Å². The van der Waals surface area contributed by atoms with E-state index in [4.69, 9.17) is 0 Å². The molecule has 2 atom stereocenters. The molecule has 1 aromatic carbocycles. The number of carbonyl (C=O) groups excluding carboxylic acids is 2. The van der Waals surface area contributed by atoms with Gasteiger partial charge in [-0.25, -0.2) is 0 Å². The third-order valence-electron chi connectivity index (χ3n) is 8.41. The van der Waals surface area contributed by atoms with Crippen LogP contribution in [0.1, 0.15) is 74.8 Å². The zero-order valence-electron chi connectivity index (χ0n) is 17.0. The van der Waals surface area contributed by atoms with Gasteiger partial charge in [0.2, 0.25) is 11.8 Å². The summed E-state index contributed by atoms with van der Waals surface area (Å²) in [6.07, 6.45) is 6.49. The monoisotopic (exact) mass is 394 g/mol. The molecule has 0 spiro atoms. The van der Waals surface area contributed by atoms with Gasteiger partial charge in [-0.1, -0.05) is 19.1 Å². The second kappa shape index (κ2) is 6.31. The minimum Gasteiger partial charge on any atom is -0.393 e. The van der Waals surface area contributed by atoms with Gasteiger partial charge in [0.25, 0.3) is 0 Å². The van der Waals surface area contributed by atoms with E-state index in [2.05, 4.69) is 23.2 Å². The van der Waals surface area contributed by atoms with Gasteiger partial charge in [0.15, 0.2) is 0 Å². The lowest BCUT2D eigenvalue weighted by molar-refractivity contribution is -0.164. The van der Waals surface area contributed by atoms with Gasteiger partial charge in [-0.2, -0.15) is 0 Å². The van der Waals surface area contributed by atoms with Gasteiger partial charge in [0.05, 0.1) is 12.0 Å². The van der Waals surface area contributed by atoms with Crippen molar-refractivity contribution in [3.05, 3.63) is 29.3 Å². The Kier molecular flexibility index (Phi) is 3.90. The Bertz CT molecular complexity index is 847. The summed E-state index contributed by atoms with van der Waals surface area (Å²) in [5, 5.41) is 13.5. The second-order valence-corrected chi connectivity index (χ2v) is 10.3. The molecule has 0 radical (unpaired) electrons. The van der Waals surface area contributed by atoms with Crippen molar-refractivity contribution in [2.24, 2.45) is 17.8 Å². The van der Waals surface area contributed by atoms with Crippen LogP contribution in [0.15, 0.2) is 18.2 Å². The molecule has 2 N–H and O–H groups in total. The van der Waals surface area contributed by atoms with Crippen molar-refractivity contribution in [1.29, 1.82) is 0 Å². The first-order valence-electron chi connectivity index (χ1n) is 11.4. The molecule has 3 heterocycles. The summed E-state index contributed by atoms with van der Waals surface area (Å²) >= 11 is 0. The third-order valence-corrected chi connectivity index (χ3v) is 8.41. The molecule has 6 aliphatic rings. The van der Waals surface area contributed by atoms with Crippen molar-refractivity contribution < 1.29 is 14.7 Å². The molecule has 2 saturated heterocycles. The smallest absolute Gasteiger partial charge is 0.232 e. The number of benzene rings is 1. The third kappa shape index (κ3) is 2.69. The first-order chi connectivity index (χ1) is 14.0. The predicted molar refractivity (Wildman–Crippen MR) is 109 cm³/mol. The van der Waals surface area contributed by atoms with E-state index in [0.717, 1.165) is 36.9 Å². The first kappa shape index (κ1) is 17.9. The fourth-order valence-corrected chi connectivity index (χ4v) is 7.06. The molecule has 5 fully saturated rings. The summed E-state index contributed by atoms with van der Waals surface area (Å²) < 4.78 is 0. The van der Waals surface area contributed by atoms with Crippen LogP contribution in [0.4, 0.5) is 5.69 Å². The van der Waals surface area contributed by atoms with Gasteiger partial charge in [0, 0.05) is 24.2 Å². The molecule has 2 unspecified atom stereocenters. The van der Waals surface area contributed by atoms with E-state index in [9.17, 15) is 14.7 Å². The lowest BCUT2D eigenvalue weighted by atomic mass is 9.61. The summed E-state index contributed by atoms with van der Waals surface area (Å²) in [4.78, 5) is 28.4. The summed E-state index contributed by atoms with van der Waals surface area (Å²) in [5.74, 6) is 1.39. The SMILES string of the molecule is CC(CC(=O)N1C2CC3CC1CC(C2)C3O)C1C(=O)Nc2cccc(C3CC3)c21. The fourth-order valence-electron chi connectivity index (χ4n) is 7.06. The lowest BCUT2D eigenvalue weighted by Crippen LogP contribution is -2.64. The summed E-state index contributed by atoms with van der Waals surface area (Å²) in [7, 11) is 0. The molecular weight excluding hydrogens is 364 g/mol. The summed E-state index contributed by atoms with van der Waals surface area (Å²) in [6.45, 7) is 2.07.